The summed E-state index contributed by atoms with van der Waals surface area (Å²) in [6, 6.07) is 5.31. The van der Waals surface area contributed by atoms with Gasteiger partial charge in [0.1, 0.15) is 10.7 Å². The number of benzene rings is 1. The molecule has 0 amide bonds. The monoisotopic (exact) mass is 295 g/mol. The van der Waals surface area contributed by atoms with Gasteiger partial charge in [0.2, 0.25) is 10.0 Å². The highest BCUT2D eigenvalue weighted by atomic mass is 79.9. The molecule has 84 valence electrons. The Hall–Kier alpha value is -0.460. The summed E-state index contributed by atoms with van der Waals surface area (Å²) in [5.74, 6) is -0.733. The zero-order chi connectivity index (χ0) is 11.3. The lowest BCUT2D eigenvalue weighted by Crippen LogP contribution is -2.25. The Kier molecular flexibility index (Phi) is 4.69. The lowest BCUT2D eigenvalue weighted by atomic mass is 10.4. The van der Waals surface area contributed by atoms with Crippen molar-refractivity contribution in [2.45, 2.75) is 11.3 Å². The van der Waals surface area contributed by atoms with Crippen LogP contribution in [0.25, 0.3) is 0 Å². The maximum absolute atomic E-state index is 13.2. The molecule has 1 N–H and O–H groups in total. The second kappa shape index (κ2) is 5.58. The highest BCUT2D eigenvalue weighted by molar-refractivity contribution is 9.09. The van der Waals surface area contributed by atoms with E-state index in [9.17, 15) is 12.8 Å². The average molecular weight is 296 g/mol. The van der Waals surface area contributed by atoms with E-state index in [2.05, 4.69) is 20.7 Å². The summed E-state index contributed by atoms with van der Waals surface area (Å²) < 4.78 is 38.6. The molecular weight excluding hydrogens is 285 g/mol. The lowest BCUT2D eigenvalue weighted by molar-refractivity contribution is 0.557. The van der Waals surface area contributed by atoms with Crippen LogP contribution in [0.1, 0.15) is 6.42 Å². The second-order valence-electron chi connectivity index (χ2n) is 2.87. The Labute approximate surface area is 96.9 Å². The van der Waals surface area contributed by atoms with Crippen molar-refractivity contribution in [2.75, 3.05) is 11.9 Å². The molecule has 1 aromatic carbocycles. The molecule has 0 saturated heterocycles. The predicted octanol–water partition coefficient (Wildman–Crippen LogP) is 1.89. The molecule has 0 aliphatic carbocycles. The van der Waals surface area contributed by atoms with Gasteiger partial charge in [0, 0.05) is 11.9 Å². The molecule has 0 bridgehead atoms. The fraction of sp³-hybridized carbons (Fsp3) is 0.333. The van der Waals surface area contributed by atoms with E-state index < -0.39 is 15.8 Å². The molecule has 1 rings (SSSR count). The summed E-state index contributed by atoms with van der Waals surface area (Å²) >= 11 is 3.18. The zero-order valence-corrected chi connectivity index (χ0v) is 10.3. The van der Waals surface area contributed by atoms with Crippen LogP contribution >= 0.6 is 15.9 Å². The minimum absolute atomic E-state index is 0.294. The molecule has 0 aromatic heterocycles. The van der Waals surface area contributed by atoms with Crippen LogP contribution in [0.5, 0.6) is 0 Å². The summed E-state index contributed by atoms with van der Waals surface area (Å²) in [7, 11) is -3.71. The van der Waals surface area contributed by atoms with Gasteiger partial charge in [0.25, 0.3) is 0 Å². The summed E-state index contributed by atoms with van der Waals surface area (Å²) in [5.41, 5.74) is 0. The number of rotatable bonds is 5. The standard InChI is InChI=1S/C9H11BrFNO2S/c10-6-3-7-12-15(13,14)9-5-2-1-4-8(9)11/h1-2,4-5,12H,3,6-7H2. The third-order valence-corrected chi connectivity index (χ3v) is 3.78. The third-order valence-electron chi connectivity index (χ3n) is 1.73. The number of hydrogen-bond donors (Lipinski definition) is 1. The molecule has 3 nitrogen and oxygen atoms in total. The van der Waals surface area contributed by atoms with Crippen LogP contribution in [0.3, 0.4) is 0 Å². The number of hydrogen-bond acceptors (Lipinski definition) is 2. The lowest BCUT2D eigenvalue weighted by Gasteiger charge is -2.06. The molecule has 0 radical (unpaired) electrons. The van der Waals surface area contributed by atoms with Crippen LogP contribution in [0.15, 0.2) is 29.2 Å². The molecule has 0 saturated carbocycles. The van der Waals surface area contributed by atoms with Gasteiger partial charge in [-0.05, 0) is 18.6 Å². The van der Waals surface area contributed by atoms with Crippen LogP contribution in [0, 0.1) is 5.82 Å². The van der Waals surface area contributed by atoms with Gasteiger partial charge in [-0.25, -0.2) is 17.5 Å². The number of sulfonamides is 1. The maximum atomic E-state index is 13.2. The second-order valence-corrected chi connectivity index (χ2v) is 5.40. The van der Waals surface area contributed by atoms with Gasteiger partial charge < -0.3 is 0 Å². The third kappa shape index (κ3) is 3.55. The van der Waals surface area contributed by atoms with Gasteiger partial charge in [-0.2, -0.15) is 0 Å². The van der Waals surface area contributed by atoms with E-state index in [0.29, 0.717) is 18.3 Å². The largest absolute Gasteiger partial charge is 0.243 e. The summed E-state index contributed by atoms with van der Waals surface area (Å²) in [6.07, 6.45) is 0.660. The Morgan fingerprint density at radius 2 is 2.00 bits per heavy atom. The van der Waals surface area contributed by atoms with E-state index in [-0.39, 0.29) is 4.90 Å². The van der Waals surface area contributed by atoms with Crippen LogP contribution < -0.4 is 4.72 Å². The normalized spacial score (nSPS) is 11.6. The molecule has 0 aliphatic rings. The van der Waals surface area contributed by atoms with E-state index in [1.165, 1.54) is 18.2 Å². The molecule has 0 spiro atoms. The Morgan fingerprint density at radius 3 is 2.60 bits per heavy atom. The van der Waals surface area contributed by atoms with Crippen molar-refractivity contribution in [3.8, 4) is 0 Å². The van der Waals surface area contributed by atoms with E-state index in [1.807, 2.05) is 0 Å². The van der Waals surface area contributed by atoms with Crippen LogP contribution in [0.4, 0.5) is 4.39 Å². The molecule has 0 fully saturated rings. The average Bonchev–Trinajstić information content (AvgIpc) is 2.18. The van der Waals surface area contributed by atoms with Gasteiger partial charge in [-0.15, -0.1) is 0 Å². The maximum Gasteiger partial charge on any atom is 0.243 e. The highest BCUT2D eigenvalue weighted by Gasteiger charge is 2.17. The van der Waals surface area contributed by atoms with E-state index in [1.54, 1.807) is 0 Å². The van der Waals surface area contributed by atoms with Gasteiger partial charge >= 0.3 is 0 Å². The summed E-state index contributed by atoms with van der Waals surface area (Å²) in [6.45, 7) is 0.294. The molecule has 6 heteroatoms. The van der Waals surface area contributed by atoms with Crippen molar-refractivity contribution >= 4 is 26.0 Å². The minimum Gasteiger partial charge on any atom is -0.211 e. The van der Waals surface area contributed by atoms with Gasteiger partial charge in [-0.1, -0.05) is 28.1 Å². The number of alkyl halides is 1. The van der Waals surface area contributed by atoms with Crippen molar-refractivity contribution in [1.82, 2.24) is 4.72 Å². The van der Waals surface area contributed by atoms with Crippen LogP contribution in [-0.4, -0.2) is 20.3 Å². The Morgan fingerprint density at radius 1 is 1.33 bits per heavy atom. The first-order chi connectivity index (χ1) is 7.08. The van der Waals surface area contributed by atoms with E-state index in [0.717, 1.165) is 6.07 Å². The smallest absolute Gasteiger partial charge is 0.211 e. The van der Waals surface area contributed by atoms with Gasteiger partial charge in [0.05, 0.1) is 0 Å². The molecule has 0 unspecified atom stereocenters. The first-order valence-electron chi connectivity index (χ1n) is 4.38. The molecule has 1 aromatic rings. The fourth-order valence-corrected chi connectivity index (χ4v) is 2.45. The van der Waals surface area contributed by atoms with Crippen LogP contribution in [-0.2, 0) is 10.0 Å². The fourth-order valence-electron chi connectivity index (χ4n) is 1.01. The predicted molar refractivity (Wildman–Crippen MR) is 60.0 cm³/mol. The van der Waals surface area contributed by atoms with Crippen LogP contribution in [0.2, 0.25) is 0 Å². The topological polar surface area (TPSA) is 46.2 Å². The van der Waals surface area contributed by atoms with E-state index >= 15 is 0 Å². The zero-order valence-electron chi connectivity index (χ0n) is 7.91. The van der Waals surface area contributed by atoms with E-state index in [4.69, 9.17) is 0 Å². The van der Waals surface area contributed by atoms with Gasteiger partial charge in [-0.3, -0.25) is 0 Å². The number of nitrogens with one attached hydrogen (secondary N) is 1. The summed E-state index contributed by atoms with van der Waals surface area (Å²) in [4.78, 5) is -0.306. The minimum atomic E-state index is -3.71. The van der Waals surface area contributed by atoms with Crippen molar-refractivity contribution in [3.63, 3.8) is 0 Å². The Bertz CT molecular complexity index is 422. The SMILES string of the molecule is O=S(=O)(NCCCBr)c1ccccc1F. The molecule has 15 heavy (non-hydrogen) atoms. The van der Waals surface area contributed by atoms with Crippen molar-refractivity contribution < 1.29 is 12.8 Å². The molecule has 0 atom stereocenters. The first-order valence-corrected chi connectivity index (χ1v) is 6.98. The molecular formula is C9H11BrFNO2S. The van der Waals surface area contributed by atoms with Crippen molar-refractivity contribution in [2.24, 2.45) is 0 Å². The molecule has 0 heterocycles. The van der Waals surface area contributed by atoms with Gasteiger partial charge in [0.15, 0.2) is 0 Å². The molecule has 0 aliphatic heterocycles. The van der Waals surface area contributed by atoms with Crippen molar-refractivity contribution in [3.05, 3.63) is 30.1 Å². The first kappa shape index (κ1) is 12.6. The number of halogens is 2. The highest BCUT2D eigenvalue weighted by Crippen LogP contribution is 2.12. The summed E-state index contributed by atoms with van der Waals surface area (Å²) in [5, 5.41) is 0.701. The quantitative estimate of drug-likeness (QED) is 0.666. The van der Waals surface area contributed by atoms with Crippen molar-refractivity contribution in [1.29, 1.82) is 0 Å². The Balaban J connectivity index is 2.83.